The van der Waals surface area contributed by atoms with E-state index in [4.69, 9.17) is 0 Å². The maximum Gasteiger partial charge on any atom is 0.418 e. The van der Waals surface area contributed by atoms with Gasteiger partial charge in [0.25, 0.3) is 5.91 Å². The van der Waals surface area contributed by atoms with Gasteiger partial charge in [-0.15, -0.1) is 0 Å². The summed E-state index contributed by atoms with van der Waals surface area (Å²) in [6.45, 7) is 0. The number of rotatable bonds is 1. The SMILES string of the molecule is O=C1CC(=O)N(c2ccccc2C(F)(F)F)N1. The van der Waals surface area contributed by atoms with Crippen LogP contribution in [0, 0.1) is 0 Å². The number of alkyl halides is 3. The number of halogens is 3. The van der Waals surface area contributed by atoms with Gasteiger partial charge in [0, 0.05) is 0 Å². The third-order valence-corrected chi connectivity index (χ3v) is 2.25. The lowest BCUT2D eigenvalue weighted by molar-refractivity contribution is -0.137. The highest BCUT2D eigenvalue weighted by atomic mass is 19.4. The molecule has 1 aromatic rings. The Hall–Kier alpha value is -2.05. The number of nitrogens with zero attached hydrogens (tertiary/aromatic N) is 1. The number of benzene rings is 1. The molecule has 2 rings (SSSR count). The van der Waals surface area contributed by atoms with Crippen molar-refractivity contribution >= 4 is 17.5 Å². The Morgan fingerprint density at radius 1 is 1.18 bits per heavy atom. The van der Waals surface area contributed by atoms with E-state index in [9.17, 15) is 22.8 Å². The van der Waals surface area contributed by atoms with Gasteiger partial charge in [-0.1, -0.05) is 12.1 Å². The van der Waals surface area contributed by atoms with Crippen molar-refractivity contribution in [1.29, 1.82) is 0 Å². The van der Waals surface area contributed by atoms with Crippen molar-refractivity contribution < 1.29 is 22.8 Å². The van der Waals surface area contributed by atoms with Crippen molar-refractivity contribution in [2.45, 2.75) is 12.6 Å². The standard InChI is InChI=1S/C10H7F3N2O2/c11-10(12,13)6-3-1-2-4-7(6)15-9(17)5-8(16)14-15/h1-4H,5H2,(H,14,16). The van der Waals surface area contributed by atoms with Crippen LogP contribution in [0.4, 0.5) is 18.9 Å². The van der Waals surface area contributed by atoms with Gasteiger partial charge in [0.2, 0.25) is 5.91 Å². The van der Waals surface area contributed by atoms with Gasteiger partial charge < -0.3 is 0 Å². The van der Waals surface area contributed by atoms with Gasteiger partial charge in [-0.25, -0.2) is 5.01 Å². The molecule has 90 valence electrons. The minimum Gasteiger partial charge on any atom is -0.273 e. The Bertz CT molecular complexity index is 485. The molecule has 0 saturated carbocycles. The molecule has 1 N–H and O–H groups in total. The quantitative estimate of drug-likeness (QED) is 0.760. The van der Waals surface area contributed by atoms with Gasteiger partial charge in [0.05, 0.1) is 11.3 Å². The van der Waals surface area contributed by atoms with Crippen molar-refractivity contribution in [2.75, 3.05) is 5.01 Å². The number of amides is 2. The van der Waals surface area contributed by atoms with Gasteiger partial charge in [-0.05, 0) is 12.1 Å². The summed E-state index contributed by atoms with van der Waals surface area (Å²) in [5, 5.41) is 0.630. The molecule has 1 heterocycles. The lowest BCUT2D eigenvalue weighted by Crippen LogP contribution is -2.37. The van der Waals surface area contributed by atoms with Gasteiger partial charge in [0.1, 0.15) is 6.42 Å². The largest absolute Gasteiger partial charge is 0.418 e. The third kappa shape index (κ3) is 2.08. The van der Waals surface area contributed by atoms with E-state index in [0.29, 0.717) is 5.01 Å². The Labute approximate surface area is 94.0 Å². The fourth-order valence-corrected chi connectivity index (χ4v) is 1.55. The highest BCUT2D eigenvalue weighted by Crippen LogP contribution is 2.36. The summed E-state index contributed by atoms with van der Waals surface area (Å²) >= 11 is 0. The first-order chi connectivity index (χ1) is 7.89. The van der Waals surface area contributed by atoms with Crippen LogP contribution >= 0.6 is 0 Å². The second kappa shape index (κ2) is 3.76. The zero-order valence-corrected chi connectivity index (χ0v) is 8.41. The molecule has 1 fully saturated rings. The summed E-state index contributed by atoms with van der Waals surface area (Å²) in [6.07, 6.45) is -5.02. The van der Waals surface area contributed by atoms with Gasteiger partial charge >= 0.3 is 6.18 Å². The van der Waals surface area contributed by atoms with E-state index < -0.39 is 30.0 Å². The molecule has 0 unspecified atom stereocenters. The Morgan fingerprint density at radius 2 is 1.82 bits per heavy atom. The molecule has 1 saturated heterocycles. The predicted octanol–water partition coefficient (Wildman–Crippen LogP) is 1.47. The summed E-state index contributed by atoms with van der Waals surface area (Å²) in [5.74, 6) is -1.32. The molecule has 0 aromatic heterocycles. The molecule has 0 atom stereocenters. The Morgan fingerprint density at radius 3 is 2.35 bits per heavy atom. The van der Waals surface area contributed by atoms with E-state index in [1.54, 1.807) is 0 Å². The smallest absolute Gasteiger partial charge is 0.273 e. The van der Waals surface area contributed by atoms with E-state index in [1.165, 1.54) is 12.1 Å². The lowest BCUT2D eigenvalue weighted by atomic mass is 10.1. The van der Waals surface area contributed by atoms with Gasteiger partial charge in [-0.2, -0.15) is 13.2 Å². The molecule has 2 amide bonds. The van der Waals surface area contributed by atoms with Gasteiger partial charge in [0.15, 0.2) is 0 Å². The van der Waals surface area contributed by atoms with Crippen molar-refractivity contribution in [2.24, 2.45) is 0 Å². The number of hydrogen-bond acceptors (Lipinski definition) is 2. The molecule has 4 nitrogen and oxygen atoms in total. The second-order valence-electron chi connectivity index (χ2n) is 3.46. The number of anilines is 1. The highest BCUT2D eigenvalue weighted by molar-refractivity contribution is 6.12. The maximum absolute atomic E-state index is 12.7. The van der Waals surface area contributed by atoms with Crippen LogP contribution in [-0.4, -0.2) is 11.8 Å². The highest BCUT2D eigenvalue weighted by Gasteiger charge is 2.38. The molecular formula is C10H7F3N2O2. The first-order valence-corrected chi connectivity index (χ1v) is 4.68. The number of nitrogens with one attached hydrogen (secondary N) is 1. The summed E-state index contributed by atoms with van der Waals surface area (Å²) in [6, 6.07) is 4.57. The molecule has 1 aromatic carbocycles. The summed E-state index contributed by atoms with van der Waals surface area (Å²) in [7, 11) is 0. The summed E-state index contributed by atoms with van der Waals surface area (Å²) in [5.41, 5.74) is 0.750. The molecule has 1 aliphatic rings. The van der Waals surface area contributed by atoms with Crippen LogP contribution in [0.15, 0.2) is 24.3 Å². The zero-order chi connectivity index (χ0) is 12.6. The molecule has 7 heteroatoms. The number of para-hydroxylation sites is 1. The monoisotopic (exact) mass is 244 g/mol. The minimum absolute atomic E-state index is 0.365. The summed E-state index contributed by atoms with van der Waals surface area (Å²) < 4.78 is 38.0. The van der Waals surface area contributed by atoms with Gasteiger partial charge in [-0.3, -0.25) is 15.0 Å². The van der Waals surface area contributed by atoms with E-state index >= 15 is 0 Å². The first kappa shape index (κ1) is 11.4. The van der Waals surface area contributed by atoms with E-state index in [1.807, 2.05) is 0 Å². The predicted molar refractivity (Wildman–Crippen MR) is 51.7 cm³/mol. The van der Waals surface area contributed by atoms with Crippen LogP contribution in [0.2, 0.25) is 0 Å². The Kier molecular flexibility index (Phi) is 2.53. The van der Waals surface area contributed by atoms with Crippen molar-refractivity contribution in [1.82, 2.24) is 5.43 Å². The zero-order valence-electron chi connectivity index (χ0n) is 8.41. The van der Waals surface area contributed by atoms with E-state index in [2.05, 4.69) is 5.43 Å². The fourth-order valence-electron chi connectivity index (χ4n) is 1.55. The van der Waals surface area contributed by atoms with E-state index in [0.717, 1.165) is 12.1 Å². The fraction of sp³-hybridized carbons (Fsp3) is 0.200. The second-order valence-corrected chi connectivity index (χ2v) is 3.46. The van der Waals surface area contributed by atoms with Crippen molar-refractivity contribution in [3.63, 3.8) is 0 Å². The van der Waals surface area contributed by atoms with Crippen LogP contribution in [-0.2, 0) is 15.8 Å². The van der Waals surface area contributed by atoms with Crippen LogP contribution in [0.25, 0.3) is 0 Å². The average Bonchev–Trinajstić information content (AvgIpc) is 2.56. The number of hydrogen-bond donors (Lipinski definition) is 1. The van der Waals surface area contributed by atoms with Crippen molar-refractivity contribution in [3.05, 3.63) is 29.8 Å². The average molecular weight is 244 g/mol. The molecule has 0 aliphatic carbocycles. The molecule has 1 aliphatic heterocycles. The Balaban J connectivity index is 2.46. The van der Waals surface area contributed by atoms with E-state index in [-0.39, 0.29) is 5.69 Å². The third-order valence-electron chi connectivity index (χ3n) is 2.25. The van der Waals surface area contributed by atoms with Crippen LogP contribution in [0.5, 0.6) is 0 Å². The van der Waals surface area contributed by atoms with Crippen LogP contribution in [0.3, 0.4) is 0 Å². The molecule has 0 radical (unpaired) electrons. The van der Waals surface area contributed by atoms with Crippen molar-refractivity contribution in [3.8, 4) is 0 Å². The van der Waals surface area contributed by atoms with Crippen LogP contribution in [0.1, 0.15) is 12.0 Å². The lowest BCUT2D eigenvalue weighted by Gasteiger charge is -2.20. The first-order valence-electron chi connectivity index (χ1n) is 4.68. The molecule has 17 heavy (non-hydrogen) atoms. The number of carbonyl (C=O) groups excluding carboxylic acids is 2. The maximum atomic E-state index is 12.7. The molecule has 0 bridgehead atoms. The summed E-state index contributed by atoms with van der Waals surface area (Å²) in [4.78, 5) is 22.3. The number of carbonyl (C=O) groups is 2. The normalized spacial score (nSPS) is 16.3. The minimum atomic E-state index is -4.58. The molecule has 0 spiro atoms. The number of hydrazine groups is 1. The topological polar surface area (TPSA) is 49.4 Å². The van der Waals surface area contributed by atoms with Crippen LogP contribution < -0.4 is 10.4 Å². The molecular weight excluding hydrogens is 237 g/mol.